The Labute approximate surface area is 79.3 Å². The molecule has 2 N–H and O–H groups in total. The van der Waals surface area contributed by atoms with Gasteiger partial charge in [-0.3, -0.25) is 0 Å². The lowest BCUT2D eigenvalue weighted by molar-refractivity contribution is 0.419. The fraction of sp³-hybridized carbons (Fsp3) is 0.700. The van der Waals surface area contributed by atoms with Gasteiger partial charge in [-0.05, 0) is 12.8 Å². The van der Waals surface area contributed by atoms with Crippen molar-refractivity contribution in [3.63, 3.8) is 0 Å². The van der Waals surface area contributed by atoms with Crippen LogP contribution in [0.3, 0.4) is 0 Å². The molecule has 0 saturated carbocycles. The van der Waals surface area contributed by atoms with Crippen LogP contribution in [0, 0.1) is 0 Å². The lowest BCUT2D eigenvalue weighted by Crippen LogP contribution is -1.98. The fourth-order valence-corrected chi connectivity index (χ4v) is 1.65. The van der Waals surface area contributed by atoms with Gasteiger partial charge < -0.3 is 10.3 Å². The van der Waals surface area contributed by atoms with Crippen LogP contribution in [0.25, 0.3) is 0 Å². The molecule has 13 heavy (non-hydrogen) atoms. The summed E-state index contributed by atoms with van der Waals surface area (Å²) in [5, 5.41) is 4.01. The third-order valence-electron chi connectivity index (χ3n) is 2.39. The molecular weight excluding hydrogens is 164 g/mol. The quantitative estimate of drug-likeness (QED) is 0.778. The maximum absolute atomic E-state index is 5.66. The lowest BCUT2D eigenvalue weighted by atomic mass is 9.98. The van der Waals surface area contributed by atoms with Gasteiger partial charge in [-0.2, -0.15) is 0 Å². The Hall–Kier alpha value is -0.990. The molecule has 0 aliphatic heterocycles. The SMILES string of the molecule is CCCC(C)c1noc(N)c1CC. The standard InChI is InChI=1S/C10H18N2O/c1-4-6-7(3)9-8(5-2)10(11)13-12-9/h7H,4-6,11H2,1-3H3. The molecule has 1 aromatic rings. The summed E-state index contributed by atoms with van der Waals surface area (Å²) in [6.07, 6.45) is 3.20. The number of hydrogen-bond acceptors (Lipinski definition) is 3. The van der Waals surface area contributed by atoms with Crippen molar-refractivity contribution >= 4 is 5.88 Å². The molecular formula is C10H18N2O. The second-order valence-electron chi connectivity index (χ2n) is 3.45. The van der Waals surface area contributed by atoms with Crippen LogP contribution in [0.1, 0.15) is 50.8 Å². The van der Waals surface area contributed by atoms with E-state index >= 15 is 0 Å². The van der Waals surface area contributed by atoms with E-state index in [4.69, 9.17) is 10.3 Å². The van der Waals surface area contributed by atoms with Gasteiger partial charge in [-0.15, -0.1) is 0 Å². The summed E-state index contributed by atoms with van der Waals surface area (Å²) in [5.74, 6) is 0.946. The Morgan fingerprint density at radius 3 is 2.69 bits per heavy atom. The van der Waals surface area contributed by atoms with Gasteiger partial charge in [0.25, 0.3) is 0 Å². The minimum Gasteiger partial charge on any atom is -0.367 e. The van der Waals surface area contributed by atoms with E-state index in [0.29, 0.717) is 11.8 Å². The smallest absolute Gasteiger partial charge is 0.225 e. The van der Waals surface area contributed by atoms with E-state index in [1.165, 1.54) is 0 Å². The third kappa shape index (κ3) is 2.02. The molecule has 1 rings (SSSR count). The lowest BCUT2D eigenvalue weighted by Gasteiger charge is -2.07. The molecule has 3 heteroatoms. The summed E-state index contributed by atoms with van der Waals surface area (Å²) >= 11 is 0. The molecule has 1 aromatic heterocycles. The highest BCUT2D eigenvalue weighted by molar-refractivity contribution is 5.40. The van der Waals surface area contributed by atoms with Crippen molar-refractivity contribution in [2.75, 3.05) is 5.73 Å². The van der Waals surface area contributed by atoms with Crippen molar-refractivity contribution in [2.24, 2.45) is 0 Å². The second kappa shape index (κ2) is 4.30. The largest absolute Gasteiger partial charge is 0.367 e. The van der Waals surface area contributed by atoms with E-state index < -0.39 is 0 Å². The molecule has 1 atom stereocenters. The van der Waals surface area contributed by atoms with Gasteiger partial charge in [0, 0.05) is 11.5 Å². The highest BCUT2D eigenvalue weighted by Crippen LogP contribution is 2.27. The van der Waals surface area contributed by atoms with E-state index in [1.54, 1.807) is 0 Å². The second-order valence-corrected chi connectivity index (χ2v) is 3.45. The zero-order chi connectivity index (χ0) is 9.84. The molecule has 0 saturated heterocycles. The zero-order valence-corrected chi connectivity index (χ0v) is 8.63. The van der Waals surface area contributed by atoms with Crippen molar-refractivity contribution in [1.82, 2.24) is 5.16 Å². The number of nitrogens with zero attached hydrogens (tertiary/aromatic N) is 1. The van der Waals surface area contributed by atoms with Gasteiger partial charge in [0.2, 0.25) is 5.88 Å². The van der Waals surface area contributed by atoms with Crippen LogP contribution in [-0.4, -0.2) is 5.16 Å². The highest BCUT2D eigenvalue weighted by Gasteiger charge is 2.16. The van der Waals surface area contributed by atoms with Crippen molar-refractivity contribution in [2.45, 2.75) is 46.0 Å². The summed E-state index contributed by atoms with van der Waals surface area (Å²) in [5.41, 5.74) is 7.78. The Morgan fingerprint density at radius 1 is 1.46 bits per heavy atom. The molecule has 1 unspecified atom stereocenters. The summed E-state index contributed by atoms with van der Waals surface area (Å²) in [4.78, 5) is 0. The summed E-state index contributed by atoms with van der Waals surface area (Å²) in [6, 6.07) is 0. The highest BCUT2D eigenvalue weighted by atomic mass is 16.5. The van der Waals surface area contributed by atoms with Crippen molar-refractivity contribution < 1.29 is 4.52 Å². The van der Waals surface area contributed by atoms with Gasteiger partial charge in [-0.1, -0.05) is 32.3 Å². The third-order valence-corrected chi connectivity index (χ3v) is 2.39. The predicted molar refractivity (Wildman–Crippen MR) is 53.6 cm³/mol. The zero-order valence-electron chi connectivity index (χ0n) is 8.63. The normalized spacial score (nSPS) is 13.2. The maximum Gasteiger partial charge on any atom is 0.225 e. The van der Waals surface area contributed by atoms with E-state index in [9.17, 15) is 0 Å². The number of anilines is 1. The Kier molecular flexibility index (Phi) is 3.34. The number of nitrogen functional groups attached to an aromatic ring is 1. The van der Waals surface area contributed by atoms with Gasteiger partial charge in [0.15, 0.2) is 0 Å². The van der Waals surface area contributed by atoms with E-state index in [-0.39, 0.29) is 0 Å². The first-order valence-corrected chi connectivity index (χ1v) is 4.94. The van der Waals surface area contributed by atoms with Gasteiger partial charge in [0.1, 0.15) is 0 Å². The van der Waals surface area contributed by atoms with Crippen LogP contribution in [0.2, 0.25) is 0 Å². The average Bonchev–Trinajstić information content (AvgIpc) is 2.47. The summed E-state index contributed by atoms with van der Waals surface area (Å²) in [7, 11) is 0. The van der Waals surface area contributed by atoms with Crippen molar-refractivity contribution in [3.8, 4) is 0 Å². The average molecular weight is 182 g/mol. The molecule has 1 heterocycles. The maximum atomic E-state index is 5.66. The molecule has 0 aliphatic rings. The van der Waals surface area contributed by atoms with Crippen LogP contribution in [-0.2, 0) is 6.42 Å². The molecule has 0 fully saturated rings. The Bertz CT molecular complexity index is 268. The van der Waals surface area contributed by atoms with Gasteiger partial charge >= 0.3 is 0 Å². The van der Waals surface area contributed by atoms with Crippen LogP contribution in [0.4, 0.5) is 5.88 Å². The first-order valence-electron chi connectivity index (χ1n) is 4.94. The summed E-state index contributed by atoms with van der Waals surface area (Å²) < 4.78 is 4.98. The molecule has 0 amide bonds. The first-order chi connectivity index (χ1) is 6.20. The van der Waals surface area contributed by atoms with Crippen LogP contribution >= 0.6 is 0 Å². The molecule has 3 nitrogen and oxygen atoms in total. The van der Waals surface area contributed by atoms with Crippen molar-refractivity contribution in [3.05, 3.63) is 11.3 Å². The van der Waals surface area contributed by atoms with Crippen LogP contribution in [0.15, 0.2) is 4.52 Å². The molecule has 74 valence electrons. The topological polar surface area (TPSA) is 52.0 Å². The monoisotopic (exact) mass is 182 g/mol. The van der Waals surface area contributed by atoms with Crippen molar-refractivity contribution in [1.29, 1.82) is 0 Å². The number of rotatable bonds is 4. The Balaban J connectivity index is 2.86. The summed E-state index contributed by atoms with van der Waals surface area (Å²) in [6.45, 7) is 6.41. The minimum atomic E-state index is 0.459. The number of aromatic nitrogens is 1. The number of hydrogen-bond donors (Lipinski definition) is 1. The molecule has 0 spiro atoms. The van der Waals surface area contributed by atoms with Gasteiger partial charge in [0.05, 0.1) is 5.69 Å². The van der Waals surface area contributed by atoms with E-state index in [2.05, 4.69) is 25.9 Å². The molecule has 0 aliphatic carbocycles. The molecule has 0 bridgehead atoms. The minimum absolute atomic E-state index is 0.459. The van der Waals surface area contributed by atoms with Crippen LogP contribution < -0.4 is 5.73 Å². The van der Waals surface area contributed by atoms with Crippen LogP contribution in [0.5, 0.6) is 0 Å². The molecule has 0 radical (unpaired) electrons. The predicted octanol–water partition coefficient (Wildman–Crippen LogP) is 2.72. The molecule has 0 aromatic carbocycles. The first kappa shape index (κ1) is 10.1. The van der Waals surface area contributed by atoms with E-state index in [1.807, 2.05) is 0 Å². The fourth-order valence-electron chi connectivity index (χ4n) is 1.65. The Morgan fingerprint density at radius 2 is 2.15 bits per heavy atom. The number of nitrogens with two attached hydrogens (primary N) is 1. The van der Waals surface area contributed by atoms with E-state index in [0.717, 1.165) is 30.5 Å². The van der Waals surface area contributed by atoms with Gasteiger partial charge in [-0.25, -0.2) is 0 Å².